The summed E-state index contributed by atoms with van der Waals surface area (Å²) in [5, 5.41) is 0.890. The van der Waals surface area contributed by atoms with Gasteiger partial charge in [0.25, 0.3) is 0 Å². The van der Waals surface area contributed by atoms with Gasteiger partial charge in [0.05, 0.1) is 25.9 Å². The number of rotatable bonds is 5. The van der Waals surface area contributed by atoms with Crippen LogP contribution in [0.15, 0.2) is 24.4 Å². The highest BCUT2D eigenvalue weighted by Crippen LogP contribution is 2.43. The molecule has 1 aliphatic carbocycles. The summed E-state index contributed by atoms with van der Waals surface area (Å²) < 4.78 is 16.5. The molecule has 0 spiro atoms. The van der Waals surface area contributed by atoms with Gasteiger partial charge in [-0.25, -0.2) is 9.78 Å². The van der Waals surface area contributed by atoms with Crippen LogP contribution < -0.4 is 4.74 Å². The Kier molecular flexibility index (Phi) is 4.72. The highest BCUT2D eigenvalue weighted by atomic mass is 32.1. The Bertz CT molecular complexity index is 763. The highest BCUT2D eigenvalue weighted by molar-refractivity contribution is 7.15. The standard InChI is InChI=1S/C19H21NO4S/c1-22-19(21)15-7-3-6-14(17(15)24-13-8-9-23-11-13)18-20-10-16(25-18)12-4-2-5-12/h3,6-7,10,12-13H,2,4-5,8-9,11H2,1H3/t13-/m0/s1. The van der Waals surface area contributed by atoms with Crippen LogP contribution in [-0.2, 0) is 9.47 Å². The number of aromatic nitrogens is 1. The molecule has 25 heavy (non-hydrogen) atoms. The van der Waals surface area contributed by atoms with E-state index in [1.165, 1.54) is 31.2 Å². The van der Waals surface area contributed by atoms with Crippen molar-refractivity contribution >= 4 is 17.3 Å². The van der Waals surface area contributed by atoms with E-state index in [0.29, 0.717) is 30.4 Å². The van der Waals surface area contributed by atoms with E-state index in [1.54, 1.807) is 17.4 Å². The molecular weight excluding hydrogens is 338 g/mol. The molecule has 0 bridgehead atoms. The van der Waals surface area contributed by atoms with Crippen LogP contribution in [0, 0.1) is 0 Å². The molecular formula is C19H21NO4S. The minimum Gasteiger partial charge on any atom is -0.486 e. The maximum absolute atomic E-state index is 12.2. The second-order valence-electron chi connectivity index (χ2n) is 6.47. The Balaban J connectivity index is 1.71. The molecule has 5 nitrogen and oxygen atoms in total. The quantitative estimate of drug-likeness (QED) is 0.754. The number of esters is 1. The van der Waals surface area contributed by atoms with Gasteiger partial charge in [-0.3, -0.25) is 0 Å². The van der Waals surface area contributed by atoms with E-state index in [0.717, 1.165) is 17.0 Å². The molecule has 1 saturated heterocycles. The van der Waals surface area contributed by atoms with E-state index in [9.17, 15) is 4.79 Å². The summed E-state index contributed by atoms with van der Waals surface area (Å²) in [6, 6.07) is 5.55. The molecule has 4 rings (SSSR count). The van der Waals surface area contributed by atoms with Gasteiger partial charge in [-0.1, -0.05) is 12.5 Å². The van der Waals surface area contributed by atoms with E-state index >= 15 is 0 Å². The molecule has 132 valence electrons. The maximum Gasteiger partial charge on any atom is 0.341 e. The van der Waals surface area contributed by atoms with Crippen molar-refractivity contribution in [2.75, 3.05) is 20.3 Å². The average molecular weight is 359 g/mol. The zero-order valence-corrected chi connectivity index (χ0v) is 15.0. The number of ether oxygens (including phenoxy) is 3. The summed E-state index contributed by atoms with van der Waals surface area (Å²) >= 11 is 1.70. The van der Waals surface area contributed by atoms with Crippen molar-refractivity contribution in [3.05, 3.63) is 34.8 Å². The van der Waals surface area contributed by atoms with Gasteiger partial charge in [0.1, 0.15) is 22.4 Å². The van der Waals surface area contributed by atoms with Crippen LogP contribution in [-0.4, -0.2) is 37.4 Å². The molecule has 1 atom stereocenters. The number of hydrogen-bond donors (Lipinski definition) is 0. The van der Waals surface area contributed by atoms with Gasteiger partial charge < -0.3 is 14.2 Å². The third-order valence-corrected chi connectivity index (χ3v) is 6.05. The molecule has 2 aromatic rings. The number of thiazole rings is 1. The van der Waals surface area contributed by atoms with Crippen LogP contribution in [0.5, 0.6) is 5.75 Å². The van der Waals surface area contributed by atoms with Crippen LogP contribution in [0.1, 0.15) is 46.8 Å². The molecule has 0 unspecified atom stereocenters. The van der Waals surface area contributed by atoms with Crippen molar-refractivity contribution in [1.29, 1.82) is 0 Å². The Morgan fingerprint density at radius 1 is 1.32 bits per heavy atom. The van der Waals surface area contributed by atoms with Crippen molar-refractivity contribution in [2.45, 2.75) is 37.7 Å². The fourth-order valence-corrected chi connectivity index (χ4v) is 4.28. The Labute approximate surface area is 150 Å². The molecule has 1 aromatic carbocycles. The average Bonchev–Trinajstić information content (AvgIpc) is 3.25. The molecule has 1 saturated carbocycles. The minimum atomic E-state index is -0.397. The minimum absolute atomic E-state index is 0.0457. The molecule has 0 N–H and O–H groups in total. The van der Waals surface area contributed by atoms with Crippen LogP contribution in [0.25, 0.3) is 10.6 Å². The summed E-state index contributed by atoms with van der Waals surface area (Å²) in [5.74, 6) is 0.800. The Morgan fingerprint density at radius 2 is 2.20 bits per heavy atom. The first kappa shape index (κ1) is 16.5. The fraction of sp³-hybridized carbons (Fsp3) is 0.474. The van der Waals surface area contributed by atoms with Gasteiger partial charge in [0.15, 0.2) is 0 Å². The highest BCUT2D eigenvalue weighted by Gasteiger charge is 2.26. The monoisotopic (exact) mass is 359 g/mol. The first-order valence-corrected chi connectivity index (χ1v) is 9.49. The van der Waals surface area contributed by atoms with Crippen LogP contribution >= 0.6 is 11.3 Å². The van der Waals surface area contributed by atoms with Gasteiger partial charge in [0, 0.05) is 17.5 Å². The molecule has 2 heterocycles. The number of benzene rings is 1. The lowest BCUT2D eigenvalue weighted by molar-refractivity contribution is 0.0592. The molecule has 2 aliphatic rings. The summed E-state index contributed by atoms with van der Waals surface area (Å²) in [7, 11) is 1.38. The third kappa shape index (κ3) is 3.28. The summed E-state index contributed by atoms with van der Waals surface area (Å²) in [4.78, 5) is 18.1. The lowest BCUT2D eigenvalue weighted by Gasteiger charge is -2.23. The normalized spacial score (nSPS) is 20.3. The van der Waals surface area contributed by atoms with Gasteiger partial charge in [-0.2, -0.15) is 0 Å². The zero-order valence-electron chi connectivity index (χ0n) is 14.2. The van der Waals surface area contributed by atoms with E-state index in [1.807, 2.05) is 18.3 Å². The second kappa shape index (κ2) is 7.14. The van der Waals surface area contributed by atoms with Crippen LogP contribution in [0.3, 0.4) is 0 Å². The number of carbonyl (C=O) groups excluding carboxylic acids is 1. The molecule has 2 fully saturated rings. The first-order valence-electron chi connectivity index (χ1n) is 8.68. The van der Waals surface area contributed by atoms with Gasteiger partial charge in [0.2, 0.25) is 0 Å². The SMILES string of the molecule is COC(=O)c1cccc(-c2ncc(C3CCC3)s2)c1O[C@H]1CCOC1. The van der Waals surface area contributed by atoms with Crippen molar-refractivity contribution in [3.8, 4) is 16.3 Å². The van der Waals surface area contributed by atoms with E-state index in [4.69, 9.17) is 14.2 Å². The number of carbonyl (C=O) groups is 1. The molecule has 0 radical (unpaired) electrons. The molecule has 1 aromatic heterocycles. The predicted octanol–water partition coefficient (Wildman–Crippen LogP) is 4.03. The summed E-state index contributed by atoms with van der Waals surface area (Å²) in [5.41, 5.74) is 1.29. The van der Waals surface area contributed by atoms with Gasteiger partial charge in [-0.05, 0) is 30.9 Å². The van der Waals surface area contributed by atoms with Crippen LogP contribution in [0.2, 0.25) is 0 Å². The number of para-hydroxylation sites is 1. The fourth-order valence-electron chi connectivity index (χ4n) is 3.17. The lowest BCUT2D eigenvalue weighted by atomic mass is 9.85. The van der Waals surface area contributed by atoms with Crippen molar-refractivity contribution in [1.82, 2.24) is 4.98 Å². The summed E-state index contributed by atoms with van der Waals surface area (Å²) in [6.07, 6.45) is 6.53. The lowest BCUT2D eigenvalue weighted by Crippen LogP contribution is -2.18. The number of methoxy groups -OCH3 is 1. The molecule has 6 heteroatoms. The van der Waals surface area contributed by atoms with Crippen molar-refractivity contribution in [2.24, 2.45) is 0 Å². The third-order valence-electron chi connectivity index (χ3n) is 4.85. The van der Waals surface area contributed by atoms with Crippen molar-refractivity contribution in [3.63, 3.8) is 0 Å². The van der Waals surface area contributed by atoms with Gasteiger partial charge >= 0.3 is 5.97 Å². The second-order valence-corrected chi connectivity index (χ2v) is 7.54. The number of hydrogen-bond acceptors (Lipinski definition) is 6. The Hall–Kier alpha value is -1.92. The molecule has 0 amide bonds. The van der Waals surface area contributed by atoms with E-state index in [-0.39, 0.29) is 6.10 Å². The largest absolute Gasteiger partial charge is 0.486 e. The van der Waals surface area contributed by atoms with E-state index in [2.05, 4.69) is 4.98 Å². The van der Waals surface area contributed by atoms with E-state index < -0.39 is 5.97 Å². The predicted molar refractivity (Wildman–Crippen MR) is 95.3 cm³/mol. The maximum atomic E-state index is 12.2. The first-order chi connectivity index (χ1) is 12.3. The number of nitrogens with zero attached hydrogens (tertiary/aromatic N) is 1. The Morgan fingerprint density at radius 3 is 2.88 bits per heavy atom. The topological polar surface area (TPSA) is 57.7 Å². The van der Waals surface area contributed by atoms with Crippen LogP contribution in [0.4, 0.5) is 0 Å². The summed E-state index contributed by atoms with van der Waals surface area (Å²) in [6.45, 7) is 1.23. The van der Waals surface area contributed by atoms with Crippen molar-refractivity contribution < 1.29 is 19.0 Å². The molecule has 1 aliphatic heterocycles. The smallest absolute Gasteiger partial charge is 0.341 e. The van der Waals surface area contributed by atoms with Gasteiger partial charge in [-0.15, -0.1) is 11.3 Å². The zero-order chi connectivity index (χ0) is 17.2.